The van der Waals surface area contributed by atoms with Crippen LogP contribution in [0, 0.1) is 0 Å². The topological polar surface area (TPSA) is 131 Å². The fourth-order valence-corrected chi connectivity index (χ4v) is 1.66. The average Bonchev–Trinajstić information content (AvgIpc) is 2.58. The molecule has 2 rings (SSSR count). The number of phenolic OH excluding ortho intramolecular Hbond substituents is 2. The van der Waals surface area contributed by atoms with Gasteiger partial charge in [0.05, 0.1) is 13.1 Å². The van der Waals surface area contributed by atoms with Crippen molar-refractivity contribution >= 4 is 7.32 Å². The zero-order valence-corrected chi connectivity index (χ0v) is 13.5. The summed E-state index contributed by atoms with van der Waals surface area (Å²) in [5.74, 6) is 0.147. The first-order valence-corrected chi connectivity index (χ1v) is 6.91. The number of benzene rings is 2. The second kappa shape index (κ2) is 11.1. The molecule has 2 N–H and O–H groups in total. The molecule has 0 radical (unpaired) electrons. The van der Waals surface area contributed by atoms with Gasteiger partial charge in [0.25, 0.3) is 0 Å². The maximum Gasteiger partial charge on any atom is 1.00 e. The Labute approximate surface area is 156 Å². The second-order valence-corrected chi connectivity index (χ2v) is 4.52. The van der Waals surface area contributed by atoms with E-state index in [4.69, 9.17) is 0 Å². The fourth-order valence-electron chi connectivity index (χ4n) is 1.66. The third-order valence-corrected chi connectivity index (χ3v) is 2.85. The minimum atomic E-state index is -2.02. The fraction of sp³-hybridized carbons (Fsp3) is 0.143. The molecule has 9 nitrogen and oxygen atoms in total. The van der Waals surface area contributed by atoms with Crippen molar-refractivity contribution in [3.63, 3.8) is 0 Å². The largest absolute Gasteiger partial charge is 1.00 e. The van der Waals surface area contributed by atoms with Crippen LogP contribution in [0.25, 0.3) is 0 Å². The van der Waals surface area contributed by atoms with Gasteiger partial charge in [-0.2, -0.15) is 10.2 Å². The number of hydrogen-bond acceptors (Lipinski definition) is 9. The minimum Gasteiger partial charge on any atom is -0.805 e. The van der Waals surface area contributed by atoms with E-state index in [2.05, 4.69) is 30.3 Å². The Bertz CT molecular complexity index is 660. The Kier molecular flexibility index (Phi) is 9.10. The van der Waals surface area contributed by atoms with E-state index in [1.54, 1.807) is 36.4 Å². The monoisotopic (exact) mass is 336 g/mol. The van der Waals surface area contributed by atoms with Crippen LogP contribution in [0.15, 0.2) is 69.3 Å². The van der Waals surface area contributed by atoms with Crippen molar-refractivity contribution < 1.29 is 43.6 Å². The van der Waals surface area contributed by atoms with E-state index in [1.165, 1.54) is 12.1 Å². The van der Waals surface area contributed by atoms with Crippen LogP contribution >= 0.6 is 0 Å². The molecule has 2 aromatic carbocycles. The molecule has 0 spiro atoms. The number of hydrogen-bond donors (Lipinski definition) is 2. The molecule has 0 aliphatic heterocycles. The van der Waals surface area contributed by atoms with Crippen molar-refractivity contribution in [2.45, 2.75) is 13.1 Å². The Morgan fingerprint density at radius 2 is 1.20 bits per heavy atom. The molecule has 0 unspecified atom stereocenters. The number of nitrogens with zero attached hydrogens (tertiary/aromatic N) is 4. The van der Waals surface area contributed by atoms with Crippen molar-refractivity contribution in [3.8, 4) is 11.5 Å². The van der Waals surface area contributed by atoms with Crippen LogP contribution in [-0.2, 0) is 22.6 Å². The summed E-state index contributed by atoms with van der Waals surface area (Å²) in [7, 11) is -2.02. The van der Waals surface area contributed by atoms with E-state index >= 15 is 0 Å². The summed E-state index contributed by atoms with van der Waals surface area (Å²) in [6.45, 7) is 0.0996. The Balaban J connectivity index is 0.00000312. The summed E-state index contributed by atoms with van der Waals surface area (Å²) in [6.07, 6.45) is 0. The van der Waals surface area contributed by atoms with Gasteiger partial charge in [0.15, 0.2) is 0 Å². The predicted octanol–water partition coefficient (Wildman–Crippen LogP) is -1.09. The molecule has 0 fully saturated rings. The normalized spacial score (nSPS) is 10.6. The maximum atomic E-state index is 11.2. The molecule has 11 heteroatoms. The third-order valence-electron chi connectivity index (χ3n) is 2.85. The number of rotatable bonds is 8. The van der Waals surface area contributed by atoms with Crippen molar-refractivity contribution in [1.82, 2.24) is 0 Å². The molecule has 25 heavy (non-hydrogen) atoms. The van der Waals surface area contributed by atoms with Crippen molar-refractivity contribution in [2.75, 3.05) is 0 Å². The van der Waals surface area contributed by atoms with Crippen LogP contribution < -0.4 is 23.9 Å². The van der Waals surface area contributed by atoms with E-state index in [1.807, 2.05) is 0 Å². The van der Waals surface area contributed by atoms with Crippen LogP contribution in [0.4, 0.5) is 0 Å². The summed E-state index contributed by atoms with van der Waals surface area (Å²) < 4.78 is 8.75. The zero-order chi connectivity index (χ0) is 17.2. The minimum absolute atomic E-state index is 0. The molecule has 0 aliphatic carbocycles. The smallest absolute Gasteiger partial charge is 0.805 e. The molecule has 0 heterocycles. The van der Waals surface area contributed by atoms with Gasteiger partial charge >= 0.3 is 26.2 Å². The van der Waals surface area contributed by atoms with Crippen molar-refractivity contribution in [2.24, 2.45) is 20.8 Å². The molecule has 0 saturated heterocycles. The summed E-state index contributed by atoms with van der Waals surface area (Å²) in [5.41, 5.74) is 1.08. The molecular formula is C14H14BLiN4O5. The molecule has 0 amide bonds. The van der Waals surface area contributed by atoms with Crippen molar-refractivity contribution in [3.05, 3.63) is 59.7 Å². The maximum absolute atomic E-state index is 11.2. The standard InChI is InChI=1S/C14H14BN4O5.Li/c20-13-7-3-1-5-11(13)9-16-18-23-15(22)24-19-17-10-12-6-2-4-8-14(12)21;/h1-8,20-21H,9-10H2;/q-1;+1. The molecule has 0 bridgehead atoms. The summed E-state index contributed by atoms with van der Waals surface area (Å²) >= 11 is 0. The Hall–Kier alpha value is -2.54. The van der Waals surface area contributed by atoms with Crippen LogP contribution in [-0.4, -0.2) is 17.5 Å². The molecule has 124 valence electrons. The molecular weight excluding hydrogens is 322 g/mol. The van der Waals surface area contributed by atoms with Crippen LogP contribution in [0.3, 0.4) is 0 Å². The molecule has 0 aliphatic rings. The first kappa shape index (κ1) is 20.5. The van der Waals surface area contributed by atoms with Crippen LogP contribution in [0.1, 0.15) is 11.1 Å². The van der Waals surface area contributed by atoms with Gasteiger partial charge in [-0.05, 0) is 12.1 Å². The van der Waals surface area contributed by atoms with Gasteiger partial charge in [0, 0.05) is 21.7 Å². The number of aromatic hydroxyl groups is 2. The van der Waals surface area contributed by atoms with Gasteiger partial charge in [-0.25, -0.2) is 0 Å². The van der Waals surface area contributed by atoms with Crippen molar-refractivity contribution in [1.29, 1.82) is 0 Å². The van der Waals surface area contributed by atoms with Gasteiger partial charge in [0.1, 0.15) is 11.5 Å². The van der Waals surface area contributed by atoms with Gasteiger partial charge in [-0.15, -0.1) is 0 Å². The summed E-state index contributed by atoms with van der Waals surface area (Å²) in [6, 6.07) is 13.2. The van der Waals surface area contributed by atoms with Gasteiger partial charge in [0.2, 0.25) is 0 Å². The van der Waals surface area contributed by atoms with Gasteiger partial charge < -0.3 is 24.7 Å². The predicted molar refractivity (Wildman–Crippen MR) is 81.3 cm³/mol. The van der Waals surface area contributed by atoms with Gasteiger partial charge in [-0.3, -0.25) is 0 Å². The van der Waals surface area contributed by atoms with Crippen LogP contribution in [0.2, 0.25) is 0 Å². The second-order valence-electron chi connectivity index (χ2n) is 4.52. The Morgan fingerprint density at radius 3 is 1.60 bits per heavy atom. The van der Waals surface area contributed by atoms with E-state index < -0.39 is 7.32 Å². The first-order valence-electron chi connectivity index (χ1n) is 6.91. The molecule has 0 saturated carbocycles. The molecule has 2 aromatic rings. The molecule has 0 aromatic heterocycles. The quantitative estimate of drug-likeness (QED) is 0.359. The SMILES string of the molecule is [Li+].[O-]B(ON=NCc1ccccc1O)ON=NCc1ccccc1O. The van der Waals surface area contributed by atoms with Crippen LogP contribution in [0.5, 0.6) is 11.5 Å². The van der Waals surface area contributed by atoms with E-state index in [0.717, 1.165) is 0 Å². The third kappa shape index (κ3) is 7.26. The summed E-state index contributed by atoms with van der Waals surface area (Å²) in [4.78, 5) is 0. The van der Waals surface area contributed by atoms with E-state index in [0.29, 0.717) is 11.1 Å². The molecule has 0 atom stereocenters. The summed E-state index contributed by atoms with van der Waals surface area (Å²) in [5, 5.41) is 43.8. The Morgan fingerprint density at radius 1 is 0.800 bits per heavy atom. The van der Waals surface area contributed by atoms with E-state index in [-0.39, 0.29) is 43.4 Å². The zero-order valence-electron chi connectivity index (χ0n) is 13.5. The number of phenols is 2. The first-order chi connectivity index (χ1) is 11.7. The average molecular weight is 336 g/mol. The number of para-hydroxylation sites is 2. The van der Waals surface area contributed by atoms with E-state index in [9.17, 15) is 15.2 Å². The van der Waals surface area contributed by atoms with Gasteiger partial charge in [-0.1, -0.05) is 36.4 Å².